The van der Waals surface area contributed by atoms with E-state index in [2.05, 4.69) is 24.1 Å². The van der Waals surface area contributed by atoms with E-state index in [1.54, 1.807) is 6.20 Å². The molecule has 1 rings (SSSR count). The largest absolute Gasteiger partial charge is 0.383 e. The van der Waals surface area contributed by atoms with Crippen LogP contribution in [0.2, 0.25) is 5.02 Å². The van der Waals surface area contributed by atoms with Crippen LogP contribution in [-0.2, 0) is 6.42 Å². The van der Waals surface area contributed by atoms with Crippen molar-refractivity contribution < 1.29 is 0 Å². The number of pyridine rings is 1. The van der Waals surface area contributed by atoms with Crippen LogP contribution < -0.4 is 11.1 Å². The molecule has 0 saturated heterocycles. The molecule has 1 aromatic rings. The fraction of sp³-hybridized carbons (Fsp3) is 0.583. The number of nitrogens with one attached hydrogen (secondary N) is 1. The van der Waals surface area contributed by atoms with Gasteiger partial charge >= 0.3 is 0 Å². The van der Waals surface area contributed by atoms with Crippen LogP contribution in [0.4, 0.5) is 5.82 Å². The van der Waals surface area contributed by atoms with Gasteiger partial charge in [-0.3, -0.25) is 0 Å². The van der Waals surface area contributed by atoms with Crippen LogP contribution >= 0.6 is 11.6 Å². The average Bonchev–Trinajstić information content (AvgIpc) is 2.23. The predicted molar refractivity (Wildman–Crippen MR) is 69.7 cm³/mol. The van der Waals surface area contributed by atoms with Crippen molar-refractivity contribution in [2.24, 2.45) is 5.92 Å². The molecule has 1 unspecified atom stereocenters. The molecule has 0 aliphatic carbocycles. The van der Waals surface area contributed by atoms with Crippen LogP contribution in [-0.4, -0.2) is 18.1 Å². The summed E-state index contributed by atoms with van der Waals surface area (Å²) >= 11 is 5.89. The summed E-state index contributed by atoms with van der Waals surface area (Å²) in [5, 5.41) is 3.96. The fourth-order valence-corrected chi connectivity index (χ4v) is 1.99. The first kappa shape index (κ1) is 13.3. The van der Waals surface area contributed by atoms with Crippen LogP contribution in [0.15, 0.2) is 12.3 Å². The minimum absolute atomic E-state index is 0.499. The van der Waals surface area contributed by atoms with Gasteiger partial charge in [-0.25, -0.2) is 4.98 Å². The zero-order valence-electron chi connectivity index (χ0n) is 10.1. The van der Waals surface area contributed by atoms with E-state index in [4.69, 9.17) is 17.3 Å². The third-order valence-corrected chi connectivity index (χ3v) is 3.07. The Morgan fingerprint density at radius 3 is 2.75 bits per heavy atom. The van der Waals surface area contributed by atoms with Crippen LogP contribution in [0, 0.1) is 5.92 Å². The molecule has 1 heterocycles. The number of nitrogens with zero attached hydrogens (tertiary/aromatic N) is 1. The molecule has 3 N–H and O–H groups in total. The molecule has 1 aromatic heterocycles. The Balaban J connectivity index is 2.63. The van der Waals surface area contributed by atoms with Crippen molar-refractivity contribution in [1.29, 1.82) is 0 Å². The molecule has 16 heavy (non-hydrogen) atoms. The lowest BCUT2D eigenvalue weighted by atomic mass is 9.97. The highest BCUT2D eigenvalue weighted by atomic mass is 35.5. The minimum atomic E-state index is 0.499. The number of halogens is 1. The van der Waals surface area contributed by atoms with Crippen LogP contribution in [0.5, 0.6) is 0 Å². The van der Waals surface area contributed by atoms with E-state index in [1.165, 1.54) is 0 Å². The van der Waals surface area contributed by atoms with Gasteiger partial charge in [-0.2, -0.15) is 0 Å². The third-order valence-electron chi connectivity index (χ3n) is 2.87. The van der Waals surface area contributed by atoms with Gasteiger partial charge in [-0.1, -0.05) is 25.4 Å². The summed E-state index contributed by atoms with van der Waals surface area (Å²) in [5.41, 5.74) is 6.84. The number of hydrogen-bond donors (Lipinski definition) is 2. The van der Waals surface area contributed by atoms with Gasteiger partial charge in [0.15, 0.2) is 0 Å². The Kier molecular flexibility index (Phi) is 5.03. The van der Waals surface area contributed by atoms with Gasteiger partial charge in [-0.05, 0) is 37.4 Å². The Morgan fingerprint density at radius 2 is 2.19 bits per heavy atom. The van der Waals surface area contributed by atoms with Gasteiger partial charge in [0, 0.05) is 12.2 Å². The van der Waals surface area contributed by atoms with Crippen molar-refractivity contribution in [3.63, 3.8) is 0 Å². The molecule has 4 heteroatoms. The summed E-state index contributed by atoms with van der Waals surface area (Å²) in [5.74, 6) is 1.20. The van der Waals surface area contributed by atoms with Crippen molar-refractivity contribution in [1.82, 2.24) is 10.3 Å². The first-order chi connectivity index (χ1) is 7.54. The lowest BCUT2D eigenvalue weighted by molar-refractivity contribution is 0.403. The first-order valence-corrected chi connectivity index (χ1v) is 5.99. The number of rotatable bonds is 5. The van der Waals surface area contributed by atoms with Crippen molar-refractivity contribution in [3.05, 3.63) is 22.8 Å². The van der Waals surface area contributed by atoms with Crippen molar-refractivity contribution in [2.45, 2.75) is 32.7 Å². The van der Waals surface area contributed by atoms with Gasteiger partial charge in [-0.15, -0.1) is 0 Å². The standard InChI is InChI=1S/C12H20ClN3/c1-8(2)11(15-3)5-4-9-6-10(13)7-16-12(9)14/h6-8,11,15H,4-5H2,1-3H3,(H2,14,16). The van der Waals surface area contributed by atoms with E-state index in [0.29, 0.717) is 22.8 Å². The number of anilines is 1. The van der Waals surface area contributed by atoms with E-state index < -0.39 is 0 Å². The highest BCUT2D eigenvalue weighted by Crippen LogP contribution is 2.18. The van der Waals surface area contributed by atoms with Gasteiger partial charge < -0.3 is 11.1 Å². The van der Waals surface area contributed by atoms with Crippen LogP contribution in [0.3, 0.4) is 0 Å². The van der Waals surface area contributed by atoms with E-state index >= 15 is 0 Å². The molecule has 3 nitrogen and oxygen atoms in total. The zero-order chi connectivity index (χ0) is 12.1. The highest BCUT2D eigenvalue weighted by Gasteiger charge is 2.12. The molecule has 0 radical (unpaired) electrons. The molecule has 0 bridgehead atoms. The SMILES string of the molecule is CNC(CCc1cc(Cl)cnc1N)C(C)C. The molecule has 0 amide bonds. The smallest absolute Gasteiger partial charge is 0.126 e. The first-order valence-electron chi connectivity index (χ1n) is 5.61. The summed E-state index contributed by atoms with van der Waals surface area (Å²) < 4.78 is 0. The minimum Gasteiger partial charge on any atom is -0.383 e. The van der Waals surface area contributed by atoms with E-state index in [0.717, 1.165) is 18.4 Å². The second kappa shape index (κ2) is 6.06. The Bertz CT molecular complexity index is 339. The maximum Gasteiger partial charge on any atom is 0.126 e. The summed E-state index contributed by atoms with van der Waals surface area (Å²) in [6.45, 7) is 4.42. The van der Waals surface area contributed by atoms with Gasteiger partial charge in [0.05, 0.1) is 5.02 Å². The lowest BCUT2D eigenvalue weighted by Crippen LogP contribution is -2.31. The summed E-state index contributed by atoms with van der Waals surface area (Å²) in [6, 6.07) is 2.40. The number of nitrogens with two attached hydrogens (primary N) is 1. The maximum absolute atomic E-state index is 5.89. The topological polar surface area (TPSA) is 50.9 Å². The van der Waals surface area contributed by atoms with Crippen LogP contribution in [0.25, 0.3) is 0 Å². The van der Waals surface area contributed by atoms with Crippen molar-refractivity contribution >= 4 is 17.4 Å². The molecule has 0 aliphatic heterocycles. The molecule has 0 aliphatic rings. The molecule has 0 spiro atoms. The van der Waals surface area contributed by atoms with Crippen molar-refractivity contribution in [2.75, 3.05) is 12.8 Å². The highest BCUT2D eigenvalue weighted by molar-refractivity contribution is 6.30. The zero-order valence-corrected chi connectivity index (χ0v) is 10.9. The monoisotopic (exact) mass is 241 g/mol. The number of nitrogen functional groups attached to an aromatic ring is 1. The molecule has 1 atom stereocenters. The molecule has 0 saturated carbocycles. The Morgan fingerprint density at radius 1 is 1.50 bits per heavy atom. The average molecular weight is 242 g/mol. The number of hydrogen-bond acceptors (Lipinski definition) is 3. The normalized spacial score (nSPS) is 13.1. The summed E-state index contributed by atoms with van der Waals surface area (Å²) in [7, 11) is 1.99. The number of aryl methyl sites for hydroxylation is 1. The van der Waals surface area contributed by atoms with E-state index in [-0.39, 0.29) is 0 Å². The predicted octanol–water partition coefficient (Wildman–Crippen LogP) is 2.49. The van der Waals surface area contributed by atoms with E-state index in [9.17, 15) is 0 Å². The number of aromatic nitrogens is 1. The molecule has 0 fully saturated rings. The summed E-state index contributed by atoms with van der Waals surface area (Å²) in [4.78, 5) is 4.05. The van der Waals surface area contributed by atoms with Crippen LogP contribution in [0.1, 0.15) is 25.8 Å². The van der Waals surface area contributed by atoms with Gasteiger partial charge in [0.25, 0.3) is 0 Å². The second-order valence-electron chi connectivity index (χ2n) is 4.38. The van der Waals surface area contributed by atoms with Gasteiger partial charge in [0.1, 0.15) is 5.82 Å². The molecular weight excluding hydrogens is 222 g/mol. The lowest BCUT2D eigenvalue weighted by Gasteiger charge is -2.20. The second-order valence-corrected chi connectivity index (χ2v) is 4.81. The molecule has 0 aromatic carbocycles. The summed E-state index contributed by atoms with van der Waals surface area (Å²) in [6.07, 6.45) is 3.53. The molecule has 90 valence electrons. The van der Waals surface area contributed by atoms with Gasteiger partial charge in [0.2, 0.25) is 0 Å². The Hall–Kier alpha value is -0.800. The molecular formula is C12H20ClN3. The fourth-order valence-electron chi connectivity index (χ4n) is 1.81. The van der Waals surface area contributed by atoms with Crippen molar-refractivity contribution in [3.8, 4) is 0 Å². The third kappa shape index (κ3) is 3.65. The van der Waals surface area contributed by atoms with E-state index in [1.807, 2.05) is 13.1 Å². The maximum atomic E-state index is 5.89. The quantitative estimate of drug-likeness (QED) is 0.833. The Labute approximate surface area is 102 Å².